The fraction of sp³-hybridized carbons (Fsp3) is 0. The van der Waals surface area contributed by atoms with Crippen LogP contribution in [-0.2, 0) is 0 Å². The highest BCUT2D eigenvalue weighted by Crippen LogP contribution is 2.51. The number of rotatable bonds is 6. The molecule has 0 atom stereocenters. The zero-order valence-corrected chi connectivity index (χ0v) is 26.5. The fourth-order valence-corrected chi connectivity index (χ4v) is 7.11. The van der Waals surface area contributed by atoms with Crippen LogP contribution in [0, 0.1) is 0 Å². The lowest BCUT2D eigenvalue weighted by atomic mass is 9.80. The molecule has 9 rings (SSSR count). The zero-order chi connectivity index (χ0) is 32.6. The molecule has 0 aliphatic rings. The van der Waals surface area contributed by atoms with E-state index in [1.54, 1.807) is 6.20 Å². The maximum absolute atomic E-state index is 6.50. The van der Waals surface area contributed by atoms with Gasteiger partial charge in [-0.1, -0.05) is 152 Å². The number of furan rings is 1. The molecule has 0 N–H and O–H groups in total. The van der Waals surface area contributed by atoms with E-state index in [2.05, 4.69) is 162 Å². The number of fused-ring (bicyclic) bond motifs is 3. The van der Waals surface area contributed by atoms with Gasteiger partial charge in [0.1, 0.15) is 11.2 Å². The van der Waals surface area contributed by atoms with Gasteiger partial charge in [0.2, 0.25) is 0 Å². The lowest BCUT2D eigenvalue weighted by Crippen LogP contribution is -2.00. The van der Waals surface area contributed by atoms with Gasteiger partial charge in [-0.05, 0) is 67.9 Å². The van der Waals surface area contributed by atoms with Crippen LogP contribution in [0.5, 0.6) is 0 Å². The smallest absolute Gasteiger partial charge is 0.136 e. The summed E-state index contributed by atoms with van der Waals surface area (Å²) >= 11 is 0. The molecule has 4 nitrogen and oxygen atoms in total. The van der Waals surface area contributed by atoms with Gasteiger partial charge in [0.05, 0.1) is 11.9 Å². The topological polar surface area (TPSA) is 51.8 Å². The number of benzene rings is 7. The fourth-order valence-electron chi connectivity index (χ4n) is 7.11. The van der Waals surface area contributed by atoms with Crippen LogP contribution in [0.1, 0.15) is 0 Å². The van der Waals surface area contributed by atoms with Gasteiger partial charge in [-0.3, -0.25) is 0 Å². The third-order valence-corrected chi connectivity index (χ3v) is 9.23. The molecule has 0 unspecified atom stereocenters. The van der Waals surface area contributed by atoms with E-state index in [0.29, 0.717) is 0 Å². The van der Waals surface area contributed by atoms with Crippen LogP contribution in [0.3, 0.4) is 0 Å². The van der Waals surface area contributed by atoms with E-state index in [1.165, 1.54) is 0 Å². The van der Waals surface area contributed by atoms with E-state index >= 15 is 0 Å². The van der Waals surface area contributed by atoms with Crippen LogP contribution < -0.4 is 0 Å². The summed E-state index contributed by atoms with van der Waals surface area (Å²) in [4.78, 5) is 0. The van der Waals surface area contributed by atoms with Crippen molar-refractivity contribution < 1.29 is 4.42 Å². The van der Waals surface area contributed by atoms with Gasteiger partial charge in [0.15, 0.2) is 0 Å². The standard InChI is InChI=1S/C45H29N3O/c1-4-14-30(15-5-1)33-20-10-11-21-36(33)42-34(31-16-6-2-7-17-31)24-25-38(44(42)39-28-29-46-48-47-39)43-35(32-18-8-3-9-19-32)26-27-41-45(43)37-22-12-13-23-40(37)49-41/h1-29H. The monoisotopic (exact) mass is 627 g/mol. The first-order valence-electron chi connectivity index (χ1n) is 16.4. The van der Waals surface area contributed by atoms with Crippen molar-refractivity contribution in [1.82, 2.24) is 15.4 Å². The molecule has 230 valence electrons. The normalized spacial score (nSPS) is 11.3. The van der Waals surface area contributed by atoms with E-state index in [0.717, 1.165) is 88.8 Å². The van der Waals surface area contributed by atoms with E-state index in [1.807, 2.05) is 18.2 Å². The van der Waals surface area contributed by atoms with Crippen molar-refractivity contribution in [2.24, 2.45) is 0 Å². The molecule has 7 aromatic carbocycles. The first-order chi connectivity index (χ1) is 24.3. The van der Waals surface area contributed by atoms with Crippen molar-refractivity contribution in [3.05, 3.63) is 176 Å². The maximum Gasteiger partial charge on any atom is 0.136 e. The van der Waals surface area contributed by atoms with Gasteiger partial charge >= 0.3 is 0 Å². The second kappa shape index (κ2) is 12.2. The molecule has 0 amide bonds. The summed E-state index contributed by atoms with van der Waals surface area (Å²) in [6, 6.07) is 59.4. The number of para-hydroxylation sites is 1. The van der Waals surface area contributed by atoms with Gasteiger partial charge in [-0.2, -0.15) is 0 Å². The summed E-state index contributed by atoms with van der Waals surface area (Å²) in [5.41, 5.74) is 14.4. The highest BCUT2D eigenvalue weighted by Gasteiger charge is 2.26. The summed E-state index contributed by atoms with van der Waals surface area (Å²) in [5.74, 6) is 0. The Hall–Kier alpha value is -6.65. The quantitative estimate of drug-likeness (QED) is 0.184. The molecular formula is C45H29N3O. The molecule has 0 spiro atoms. The van der Waals surface area contributed by atoms with Crippen LogP contribution in [0.4, 0.5) is 0 Å². The molecule has 0 aliphatic heterocycles. The van der Waals surface area contributed by atoms with Gasteiger partial charge in [0.25, 0.3) is 0 Å². The summed E-state index contributed by atoms with van der Waals surface area (Å²) < 4.78 is 6.50. The van der Waals surface area contributed by atoms with Crippen molar-refractivity contribution >= 4 is 21.9 Å². The van der Waals surface area contributed by atoms with Crippen LogP contribution >= 0.6 is 0 Å². The summed E-state index contributed by atoms with van der Waals surface area (Å²) in [5, 5.41) is 15.1. The molecule has 0 saturated carbocycles. The first-order valence-corrected chi connectivity index (χ1v) is 16.4. The molecule has 49 heavy (non-hydrogen) atoms. The molecular weight excluding hydrogens is 599 g/mol. The predicted molar refractivity (Wildman–Crippen MR) is 200 cm³/mol. The minimum absolute atomic E-state index is 0.740. The molecule has 4 heteroatoms. The Bertz CT molecular complexity index is 2580. The van der Waals surface area contributed by atoms with Gasteiger partial charge in [-0.15, -0.1) is 10.2 Å². The number of hydrogen-bond acceptors (Lipinski definition) is 4. The Morgan fingerprint density at radius 2 is 0.918 bits per heavy atom. The maximum atomic E-state index is 6.50. The van der Waals surface area contributed by atoms with Crippen LogP contribution in [0.2, 0.25) is 0 Å². The summed E-state index contributed by atoms with van der Waals surface area (Å²) in [7, 11) is 0. The second-order valence-corrected chi connectivity index (χ2v) is 12.0. The van der Waals surface area contributed by atoms with Gasteiger partial charge in [-0.25, -0.2) is 0 Å². The largest absolute Gasteiger partial charge is 0.456 e. The average molecular weight is 628 g/mol. The molecule has 0 aliphatic carbocycles. The minimum Gasteiger partial charge on any atom is -0.456 e. The highest BCUT2D eigenvalue weighted by atomic mass is 16.3. The Morgan fingerprint density at radius 1 is 0.367 bits per heavy atom. The predicted octanol–water partition coefficient (Wildman–Crippen LogP) is 11.8. The Kier molecular flexibility index (Phi) is 7.10. The summed E-state index contributed by atoms with van der Waals surface area (Å²) in [6.45, 7) is 0. The average Bonchev–Trinajstić information content (AvgIpc) is 3.57. The highest BCUT2D eigenvalue weighted by molar-refractivity contribution is 6.18. The van der Waals surface area contributed by atoms with Crippen molar-refractivity contribution in [2.45, 2.75) is 0 Å². The number of nitrogens with zero attached hydrogens (tertiary/aromatic N) is 3. The lowest BCUT2D eigenvalue weighted by Gasteiger charge is -2.23. The third kappa shape index (κ3) is 4.98. The van der Waals surface area contributed by atoms with Crippen molar-refractivity contribution in [3.63, 3.8) is 0 Å². The zero-order valence-electron chi connectivity index (χ0n) is 26.5. The number of hydrogen-bond donors (Lipinski definition) is 0. The molecule has 2 aromatic heterocycles. The van der Waals surface area contributed by atoms with Crippen LogP contribution in [0.15, 0.2) is 180 Å². The van der Waals surface area contributed by atoms with E-state index in [4.69, 9.17) is 9.52 Å². The minimum atomic E-state index is 0.740. The molecule has 2 heterocycles. The molecule has 0 bridgehead atoms. The Labute approximate surface area is 284 Å². The van der Waals surface area contributed by atoms with Crippen LogP contribution in [-0.4, -0.2) is 15.4 Å². The van der Waals surface area contributed by atoms with E-state index in [-0.39, 0.29) is 0 Å². The van der Waals surface area contributed by atoms with Crippen molar-refractivity contribution in [1.29, 1.82) is 0 Å². The molecule has 9 aromatic rings. The molecule has 0 saturated heterocycles. The lowest BCUT2D eigenvalue weighted by molar-refractivity contribution is 0.669. The van der Waals surface area contributed by atoms with E-state index < -0.39 is 0 Å². The SMILES string of the molecule is c1ccc(-c2ccccc2-c2c(-c3ccccc3)ccc(-c3c(-c4ccccc4)ccc4oc5ccccc5c34)c2-c2ccnnn2)cc1. The Morgan fingerprint density at radius 3 is 1.59 bits per heavy atom. The van der Waals surface area contributed by atoms with Gasteiger partial charge in [0, 0.05) is 27.5 Å². The van der Waals surface area contributed by atoms with Gasteiger partial charge < -0.3 is 4.42 Å². The molecule has 0 radical (unpaired) electrons. The first kappa shape index (κ1) is 28.6. The second-order valence-electron chi connectivity index (χ2n) is 12.0. The summed E-state index contributed by atoms with van der Waals surface area (Å²) in [6.07, 6.45) is 1.72. The van der Waals surface area contributed by atoms with E-state index in [9.17, 15) is 0 Å². The van der Waals surface area contributed by atoms with Crippen LogP contribution in [0.25, 0.3) is 88.8 Å². The third-order valence-electron chi connectivity index (χ3n) is 9.23. The number of aromatic nitrogens is 3. The van der Waals surface area contributed by atoms with Crippen molar-refractivity contribution in [2.75, 3.05) is 0 Å². The Balaban J connectivity index is 1.49. The van der Waals surface area contributed by atoms with Crippen molar-refractivity contribution in [3.8, 4) is 66.9 Å². The molecule has 0 fully saturated rings.